The molecule has 0 aliphatic carbocycles. The molecule has 15 heavy (non-hydrogen) atoms. The molecule has 0 amide bonds. The summed E-state index contributed by atoms with van der Waals surface area (Å²) in [7, 11) is 0. The van der Waals surface area contributed by atoms with Crippen LogP contribution in [0.3, 0.4) is 0 Å². The molecule has 0 heterocycles. The Morgan fingerprint density at radius 3 is 1.87 bits per heavy atom. The van der Waals surface area contributed by atoms with E-state index < -0.39 is 0 Å². The van der Waals surface area contributed by atoms with E-state index in [4.69, 9.17) is 0 Å². The summed E-state index contributed by atoms with van der Waals surface area (Å²) in [5.74, 6) is 0. The zero-order valence-electron chi connectivity index (χ0n) is 11.6. The minimum absolute atomic E-state index is 0.312. The van der Waals surface area contributed by atoms with Gasteiger partial charge in [0.25, 0.3) is 0 Å². The fraction of sp³-hybridized carbons (Fsp3) is 1.00. The summed E-state index contributed by atoms with van der Waals surface area (Å²) >= 11 is 0. The summed E-state index contributed by atoms with van der Waals surface area (Å²) in [5, 5.41) is 3.75. The van der Waals surface area contributed by atoms with Crippen LogP contribution in [0.15, 0.2) is 0 Å². The molecule has 1 atom stereocenters. The number of hydrogen-bond acceptors (Lipinski definition) is 2. The minimum Gasteiger partial charge on any atom is -0.308 e. The molecule has 92 valence electrons. The van der Waals surface area contributed by atoms with Crippen molar-refractivity contribution in [3.63, 3.8) is 0 Å². The second-order valence-electron chi connectivity index (χ2n) is 4.80. The highest BCUT2D eigenvalue weighted by atomic mass is 15.1. The van der Waals surface area contributed by atoms with E-state index in [9.17, 15) is 0 Å². The number of likely N-dealkylation sites (N-methyl/N-ethyl adjacent to an activating group) is 1. The molecule has 0 aliphatic heterocycles. The van der Waals surface area contributed by atoms with Gasteiger partial charge < -0.3 is 10.2 Å². The maximum absolute atomic E-state index is 3.75. The Bertz CT molecular complexity index is 149. The molecule has 0 spiro atoms. The number of nitrogens with one attached hydrogen (secondary N) is 1. The molecule has 0 bridgehead atoms. The quantitative estimate of drug-likeness (QED) is 0.668. The average Bonchev–Trinajstić information content (AvgIpc) is 2.25. The van der Waals surface area contributed by atoms with Crippen LogP contribution in [0, 0.1) is 0 Å². The molecule has 0 radical (unpaired) electrons. The summed E-state index contributed by atoms with van der Waals surface area (Å²) in [4.78, 5) is 2.48. The van der Waals surface area contributed by atoms with Crippen LogP contribution in [0.25, 0.3) is 0 Å². The lowest BCUT2D eigenvalue weighted by Gasteiger charge is -2.34. The predicted octanol–water partition coefficient (Wildman–Crippen LogP) is 2.89. The Kier molecular flexibility index (Phi) is 7.20. The summed E-state index contributed by atoms with van der Waals surface area (Å²) < 4.78 is 0. The third-order valence-corrected chi connectivity index (χ3v) is 3.58. The van der Waals surface area contributed by atoms with Gasteiger partial charge in [-0.1, -0.05) is 27.7 Å². The first kappa shape index (κ1) is 14.9. The Morgan fingerprint density at radius 2 is 1.53 bits per heavy atom. The van der Waals surface area contributed by atoms with Crippen molar-refractivity contribution in [1.82, 2.24) is 10.2 Å². The van der Waals surface area contributed by atoms with Crippen LogP contribution in [-0.2, 0) is 0 Å². The van der Waals surface area contributed by atoms with Crippen LogP contribution in [0.2, 0.25) is 0 Å². The number of nitrogens with zero attached hydrogens (tertiary/aromatic N) is 1. The summed E-state index contributed by atoms with van der Waals surface area (Å²) in [5.41, 5.74) is 0.312. The van der Waals surface area contributed by atoms with Gasteiger partial charge in [-0.05, 0) is 39.8 Å². The Morgan fingerprint density at radius 1 is 1.07 bits per heavy atom. The van der Waals surface area contributed by atoms with Crippen molar-refractivity contribution in [1.29, 1.82) is 0 Å². The van der Waals surface area contributed by atoms with Gasteiger partial charge in [0.05, 0.1) is 0 Å². The summed E-state index contributed by atoms with van der Waals surface area (Å²) in [6.45, 7) is 17.1. The van der Waals surface area contributed by atoms with Crippen molar-refractivity contribution in [2.24, 2.45) is 0 Å². The number of hydrogen-bond donors (Lipinski definition) is 1. The van der Waals surface area contributed by atoms with Gasteiger partial charge in [-0.15, -0.1) is 0 Å². The first-order valence-electron chi connectivity index (χ1n) is 6.51. The maximum atomic E-state index is 3.75. The molecule has 0 aliphatic rings. The first-order valence-corrected chi connectivity index (χ1v) is 6.51. The normalized spacial score (nSPS) is 14.6. The molecule has 0 aromatic rings. The fourth-order valence-electron chi connectivity index (χ4n) is 1.96. The van der Waals surface area contributed by atoms with E-state index in [2.05, 4.69) is 51.8 Å². The molecule has 0 fully saturated rings. The van der Waals surface area contributed by atoms with E-state index in [-0.39, 0.29) is 0 Å². The van der Waals surface area contributed by atoms with Gasteiger partial charge in [-0.3, -0.25) is 0 Å². The van der Waals surface area contributed by atoms with E-state index in [1.807, 2.05) is 0 Å². The van der Waals surface area contributed by atoms with Gasteiger partial charge in [0, 0.05) is 18.1 Å². The van der Waals surface area contributed by atoms with Crippen molar-refractivity contribution < 1.29 is 0 Å². The van der Waals surface area contributed by atoms with Crippen molar-refractivity contribution in [3.8, 4) is 0 Å². The molecular formula is C13H30N2. The van der Waals surface area contributed by atoms with Gasteiger partial charge in [0.1, 0.15) is 0 Å². The van der Waals surface area contributed by atoms with Crippen LogP contribution >= 0.6 is 0 Å². The zero-order valence-corrected chi connectivity index (χ0v) is 11.6. The highest BCUT2D eigenvalue weighted by Crippen LogP contribution is 2.14. The third kappa shape index (κ3) is 5.53. The highest BCUT2D eigenvalue weighted by Gasteiger charge is 2.21. The van der Waals surface area contributed by atoms with E-state index in [1.165, 1.54) is 12.8 Å². The smallest absolute Gasteiger partial charge is 0.0171 e. The van der Waals surface area contributed by atoms with Crippen LogP contribution in [0.5, 0.6) is 0 Å². The van der Waals surface area contributed by atoms with Crippen LogP contribution < -0.4 is 5.32 Å². The molecular weight excluding hydrogens is 184 g/mol. The Hall–Kier alpha value is -0.0800. The van der Waals surface area contributed by atoms with Crippen molar-refractivity contribution in [3.05, 3.63) is 0 Å². The van der Waals surface area contributed by atoms with Crippen molar-refractivity contribution in [2.45, 2.75) is 66.0 Å². The fourth-order valence-corrected chi connectivity index (χ4v) is 1.96. The van der Waals surface area contributed by atoms with Gasteiger partial charge in [0.2, 0.25) is 0 Å². The largest absolute Gasteiger partial charge is 0.308 e. The first-order chi connectivity index (χ1) is 7.01. The van der Waals surface area contributed by atoms with Crippen LogP contribution in [-0.4, -0.2) is 36.1 Å². The molecule has 0 saturated carbocycles. The molecule has 2 nitrogen and oxygen atoms in total. The minimum atomic E-state index is 0.312. The second kappa shape index (κ2) is 7.24. The Balaban J connectivity index is 4.05. The van der Waals surface area contributed by atoms with E-state index >= 15 is 0 Å². The molecule has 0 saturated heterocycles. The van der Waals surface area contributed by atoms with Crippen LogP contribution in [0.4, 0.5) is 0 Å². The molecule has 1 N–H and O–H groups in total. The van der Waals surface area contributed by atoms with E-state index in [0.29, 0.717) is 11.6 Å². The standard InChI is InChI=1S/C13H30N2/c1-7-13(6,8-2)14-12(5)11-15(9-3)10-4/h12,14H,7-11H2,1-6H3. The molecule has 1 unspecified atom stereocenters. The van der Waals surface area contributed by atoms with Gasteiger partial charge >= 0.3 is 0 Å². The monoisotopic (exact) mass is 214 g/mol. The van der Waals surface area contributed by atoms with Crippen molar-refractivity contribution >= 4 is 0 Å². The molecule has 0 rings (SSSR count). The number of rotatable bonds is 8. The van der Waals surface area contributed by atoms with Gasteiger partial charge in [0.15, 0.2) is 0 Å². The Labute approximate surface area is 96.4 Å². The predicted molar refractivity (Wildman–Crippen MR) is 69.4 cm³/mol. The molecule has 0 aromatic carbocycles. The average molecular weight is 214 g/mol. The zero-order chi connectivity index (χ0) is 11.9. The maximum Gasteiger partial charge on any atom is 0.0171 e. The topological polar surface area (TPSA) is 15.3 Å². The lowest BCUT2D eigenvalue weighted by Crippen LogP contribution is -2.50. The second-order valence-corrected chi connectivity index (χ2v) is 4.80. The summed E-state index contributed by atoms with van der Waals surface area (Å²) in [6, 6.07) is 0.579. The van der Waals surface area contributed by atoms with Crippen molar-refractivity contribution in [2.75, 3.05) is 19.6 Å². The SMILES string of the molecule is CCN(CC)CC(C)NC(C)(CC)CC. The van der Waals surface area contributed by atoms with Crippen LogP contribution in [0.1, 0.15) is 54.4 Å². The highest BCUT2D eigenvalue weighted by molar-refractivity contribution is 4.83. The van der Waals surface area contributed by atoms with Gasteiger partial charge in [-0.2, -0.15) is 0 Å². The van der Waals surface area contributed by atoms with Gasteiger partial charge in [-0.25, -0.2) is 0 Å². The van der Waals surface area contributed by atoms with E-state index in [0.717, 1.165) is 19.6 Å². The lowest BCUT2D eigenvalue weighted by molar-refractivity contribution is 0.226. The lowest BCUT2D eigenvalue weighted by atomic mass is 9.94. The van der Waals surface area contributed by atoms with E-state index in [1.54, 1.807) is 0 Å². The third-order valence-electron chi connectivity index (χ3n) is 3.58. The summed E-state index contributed by atoms with van der Waals surface area (Å²) in [6.07, 6.45) is 2.40. The molecule has 2 heteroatoms. The molecule has 0 aromatic heterocycles.